The van der Waals surface area contributed by atoms with Gasteiger partial charge in [-0.3, -0.25) is 4.68 Å². The van der Waals surface area contributed by atoms with Crippen LogP contribution < -0.4 is 0 Å². The van der Waals surface area contributed by atoms with E-state index in [1.165, 1.54) is 5.56 Å². The quantitative estimate of drug-likeness (QED) is 0.633. The Bertz CT molecular complexity index is 280. The highest BCUT2D eigenvalue weighted by atomic mass is 15.2. The predicted octanol–water partition coefficient (Wildman–Crippen LogP) is 1.18. The first-order chi connectivity index (χ1) is 5.24. The van der Waals surface area contributed by atoms with Crippen molar-refractivity contribution in [2.75, 3.05) is 0 Å². The Kier molecular flexibility index (Phi) is 2.27. The zero-order valence-electron chi connectivity index (χ0n) is 6.83. The van der Waals surface area contributed by atoms with Gasteiger partial charge in [-0.25, -0.2) is 0 Å². The van der Waals surface area contributed by atoms with Gasteiger partial charge in [-0.2, -0.15) is 10.4 Å². The summed E-state index contributed by atoms with van der Waals surface area (Å²) in [6.45, 7) is 2.01. The highest BCUT2D eigenvalue weighted by molar-refractivity contribution is 5.15. The molecule has 0 aliphatic heterocycles. The maximum Gasteiger partial charge on any atom is 0.0663 e. The van der Waals surface area contributed by atoms with E-state index in [-0.39, 0.29) is 0 Å². The highest BCUT2D eigenvalue weighted by Crippen LogP contribution is 2.05. The molecule has 0 bridgehead atoms. The van der Waals surface area contributed by atoms with Gasteiger partial charge in [-0.05, 0) is 12.5 Å². The van der Waals surface area contributed by atoms with Crippen LogP contribution in [0.25, 0.3) is 0 Å². The Hall–Kier alpha value is -1.30. The summed E-state index contributed by atoms with van der Waals surface area (Å²) in [6, 6.07) is 2.10. The minimum atomic E-state index is 0.553. The van der Waals surface area contributed by atoms with Crippen LogP contribution in [0.4, 0.5) is 0 Å². The number of rotatable bonds is 2. The molecule has 11 heavy (non-hydrogen) atoms. The third-order valence-corrected chi connectivity index (χ3v) is 1.59. The third kappa shape index (κ3) is 1.81. The Morgan fingerprint density at radius 2 is 2.45 bits per heavy atom. The van der Waals surface area contributed by atoms with Crippen molar-refractivity contribution in [1.29, 1.82) is 5.26 Å². The van der Waals surface area contributed by atoms with Gasteiger partial charge in [0.05, 0.1) is 11.8 Å². The molecule has 0 spiro atoms. The van der Waals surface area contributed by atoms with Gasteiger partial charge in [0.15, 0.2) is 0 Å². The van der Waals surface area contributed by atoms with Crippen LogP contribution in [0.5, 0.6) is 0 Å². The first-order valence-corrected chi connectivity index (χ1v) is 3.60. The van der Waals surface area contributed by atoms with Gasteiger partial charge in [0.1, 0.15) is 0 Å². The van der Waals surface area contributed by atoms with E-state index in [9.17, 15) is 0 Å². The molecule has 0 saturated carbocycles. The van der Waals surface area contributed by atoms with Gasteiger partial charge >= 0.3 is 0 Å². The number of hydrogen-bond acceptors (Lipinski definition) is 2. The molecule has 0 aliphatic carbocycles. The molecule has 3 heteroatoms. The van der Waals surface area contributed by atoms with E-state index in [0.29, 0.717) is 6.42 Å². The first kappa shape index (κ1) is 7.80. The average molecular weight is 149 g/mol. The van der Waals surface area contributed by atoms with Gasteiger partial charge in [0.25, 0.3) is 0 Å². The van der Waals surface area contributed by atoms with Crippen LogP contribution in [0.1, 0.15) is 17.7 Å². The molecule has 0 atom stereocenters. The summed E-state index contributed by atoms with van der Waals surface area (Å²) in [5.41, 5.74) is 2.21. The molecule has 58 valence electrons. The van der Waals surface area contributed by atoms with Crippen molar-refractivity contribution < 1.29 is 0 Å². The lowest BCUT2D eigenvalue weighted by Gasteiger charge is -1.89. The van der Waals surface area contributed by atoms with Crippen LogP contribution in [0.15, 0.2) is 6.20 Å². The van der Waals surface area contributed by atoms with Crippen LogP contribution in [-0.2, 0) is 13.5 Å². The van der Waals surface area contributed by atoms with Gasteiger partial charge in [-0.1, -0.05) is 0 Å². The maximum absolute atomic E-state index is 8.34. The summed E-state index contributed by atoms with van der Waals surface area (Å²) in [5, 5.41) is 12.6. The lowest BCUT2D eigenvalue weighted by Crippen LogP contribution is -1.91. The van der Waals surface area contributed by atoms with Crippen molar-refractivity contribution in [2.24, 2.45) is 7.05 Å². The van der Waals surface area contributed by atoms with Crippen LogP contribution in [0.2, 0.25) is 0 Å². The zero-order chi connectivity index (χ0) is 8.27. The standard InChI is InChI=1S/C8H11N3/c1-7-6-11(2)10-8(7)4-3-5-9/h6H,3-4H2,1-2H3. The van der Waals surface area contributed by atoms with Gasteiger partial charge in [-0.15, -0.1) is 0 Å². The molecular formula is C8H11N3. The van der Waals surface area contributed by atoms with Crippen molar-refractivity contribution in [1.82, 2.24) is 9.78 Å². The molecule has 1 aromatic rings. The van der Waals surface area contributed by atoms with E-state index in [2.05, 4.69) is 11.2 Å². The third-order valence-electron chi connectivity index (χ3n) is 1.59. The number of nitriles is 1. The Morgan fingerprint density at radius 3 is 2.91 bits per heavy atom. The van der Waals surface area contributed by atoms with Gasteiger partial charge in [0.2, 0.25) is 0 Å². The van der Waals surface area contributed by atoms with Crippen LogP contribution in [0, 0.1) is 18.3 Å². The SMILES string of the molecule is Cc1cn(C)nc1CCC#N. The second kappa shape index (κ2) is 3.20. The molecule has 0 unspecified atom stereocenters. The number of aromatic nitrogens is 2. The second-order valence-electron chi connectivity index (χ2n) is 2.59. The molecule has 1 aromatic heterocycles. The minimum Gasteiger partial charge on any atom is -0.275 e. The first-order valence-electron chi connectivity index (χ1n) is 3.60. The van der Waals surface area contributed by atoms with E-state index in [4.69, 9.17) is 5.26 Å². The molecule has 1 heterocycles. The van der Waals surface area contributed by atoms with Crippen molar-refractivity contribution in [3.63, 3.8) is 0 Å². The van der Waals surface area contributed by atoms with E-state index >= 15 is 0 Å². The average Bonchev–Trinajstić information content (AvgIpc) is 2.26. The maximum atomic E-state index is 8.34. The molecule has 1 rings (SSSR count). The molecule has 0 fully saturated rings. The molecule has 0 aliphatic rings. The Labute approximate surface area is 66.3 Å². The van der Waals surface area contributed by atoms with Crippen molar-refractivity contribution in [3.8, 4) is 6.07 Å². The zero-order valence-corrected chi connectivity index (χ0v) is 6.83. The highest BCUT2D eigenvalue weighted by Gasteiger charge is 2.01. The van der Waals surface area contributed by atoms with Gasteiger partial charge in [0, 0.05) is 26.1 Å². The minimum absolute atomic E-state index is 0.553. The topological polar surface area (TPSA) is 41.6 Å². The molecule has 3 nitrogen and oxygen atoms in total. The van der Waals surface area contributed by atoms with Gasteiger partial charge < -0.3 is 0 Å². The molecule has 0 aromatic carbocycles. The van der Waals surface area contributed by atoms with Crippen LogP contribution in [0.3, 0.4) is 0 Å². The van der Waals surface area contributed by atoms with E-state index < -0.39 is 0 Å². The number of nitrogens with zero attached hydrogens (tertiary/aromatic N) is 3. The molecule has 0 N–H and O–H groups in total. The lowest BCUT2D eigenvalue weighted by atomic mass is 10.2. The molecule has 0 radical (unpaired) electrons. The number of hydrogen-bond donors (Lipinski definition) is 0. The number of aryl methyl sites for hydroxylation is 3. The molecule has 0 amide bonds. The Morgan fingerprint density at radius 1 is 1.73 bits per heavy atom. The molecular weight excluding hydrogens is 138 g/mol. The summed E-state index contributed by atoms with van der Waals surface area (Å²) in [4.78, 5) is 0. The van der Waals surface area contributed by atoms with Crippen LogP contribution in [-0.4, -0.2) is 9.78 Å². The fourth-order valence-corrected chi connectivity index (χ4v) is 1.07. The van der Waals surface area contributed by atoms with E-state index in [1.54, 1.807) is 4.68 Å². The lowest BCUT2D eigenvalue weighted by molar-refractivity contribution is 0.740. The normalized spacial score (nSPS) is 9.55. The fraction of sp³-hybridized carbons (Fsp3) is 0.500. The van der Waals surface area contributed by atoms with E-state index in [0.717, 1.165) is 12.1 Å². The summed E-state index contributed by atoms with van der Waals surface area (Å²) in [5.74, 6) is 0. The molecule has 0 saturated heterocycles. The van der Waals surface area contributed by atoms with Crippen molar-refractivity contribution in [2.45, 2.75) is 19.8 Å². The van der Waals surface area contributed by atoms with Crippen LogP contribution >= 0.6 is 0 Å². The summed E-state index contributed by atoms with van der Waals surface area (Å²) in [7, 11) is 1.89. The summed E-state index contributed by atoms with van der Waals surface area (Å²) < 4.78 is 1.78. The second-order valence-corrected chi connectivity index (χ2v) is 2.59. The summed E-state index contributed by atoms with van der Waals surface area (Å²) >= 11 is 0. The van der Waals surface area contributed by atoms with Crippen molar-refractivity contribution >= 4 is 0 Å². The van der Waals surface area contributed by atoms with Crippen molar-refractivity contribution in [3.05, 3.63) is 17.5 Å². The largest absolute Gasteiger partial charge is 0.275 e. The monoisotopic (exact) mass is 149 g/mol. The predicted molar refractivity (Wildman–Crippen MR) is 41.9 cm³/mol. The fourth-order valence-electron chi connectivity index (χ4n) is 1.07. The smallest absolute Gasteiger partial charge is 0.0663 e. The summed E-state index contributed by atoms with van der Waals surface area (Å²) in [6.07, 6.45) is 3.29. The van der Waals surface area contributed by atoms with E-state index in [1.807, 2.05) is 20.2 Å². The Balaban J connectivity index is 2.71.